The van der Waals surface area contributed by atoms with Crippen molar-refractivity contribution in [2.45, 2.75) is 6.18 Å². The summed E-state index contributed by atoms with van der Waals surface area (Å²) in [5.41, 5.74) is -1.68. The third kappa shape index (κ3) is 3.13. The highest BCUT2D eigenvalue weighted by Gasteiger charge is 2.36. The van der Waals surface area contributed by atoms with Crippen molar-refractivity contribution < 1.29 is 13.2 Å². The van der Waals surface area contributed by atoms with Gasteiger partial charge in [-0.05, 0) is 0 Å². The van der Waals surface area contributed by atoms with Crippen molar-refractivity contribution in [3.8, 4) is 0 Å². The second-order valence-electron chi connectivity index (χ2n) is 1.96. The molecule has 0 heterocycles. The zero-order chi connectivity index (χ0) is 9.78. The highest BCUT2D eigenvalue weighted by molar-refractivity contribution is 6.23. The second kappa shape index (κ2) is 4.35. The lowest BCUT2D eigenvalue weighted by Crippen LogP contribution is -2.25. The lowest BCUT2D eigenvalue weighted by molar-refractivity contribution is -0.0589. The minimum atomic E-state index is -4.63. The molecule has 0 rings (SSSR count). The Morgan fingerprint density at radius 1 is 1.58 bits per heavy atom. The van der Waals surface area contributed by atoms with E-state index in [1.165, 1.54) is 7.05 Å². The van der Waals surface area contributed by atoms with Crippen molar-refractivity contribution in [3.05, 3.63) is 11.8 Å². The van der Waals surface area contributed by atoms with Crippen molar-refractivity contribution in [3.63, 3.8) is 0 Å². The van der Waals surface area contributed by atoms with Crippen LogP contribution in [0.5, 0.6) is 0 Å². The summed E-state index contributed by atoms with van der Waals surface area (Å²) in [6.07, 6.45) is -3.57. The van der Waals surface area contributed by atoms with Gasteiger partial charge in [-0.2, -0.15) is 13.2 Å². The molecule has 0 radical (unpaired) electrons. The Kier molecular flexibility index (Phi) is 4.09. The number of halogens is 4. The number of nitrogens with one attached hydrogen (secondary N) is 2. The van der Waals surface area contributed by atoms with Crippen LogP contribution in [0.4, 0.5) is 13.2 Å². The van der Waals surface area contributed by atoms with Gasteiger partial charge in [-0.3, -0.25) is 5.41 Å². The monoisotopic (exact) mass is 200 g/mol. The fraction of sp³-hybridized carbons (Fsp3) is 0.500. The summed E-state index contributed by atoms with van der Waals surface area (Å²) < 4.78 is 35.6. The lowest BCUT2D eigenvalue weighted by Gasteiger charge is -2.09. The van der Waals surface area contributed by atoms with Gasteiger partial charge in [0.15, 0.2) is 0 Å². The molecule has 0 atom stereocenters. The summed E-state index contributed by atoms with van der Waals surface area (Å²) in [5, 5.41) is 9.07. The average Bonchev–Trinajstić information content (AvgIpc) is 1.97. The molecule has 6 heteroatoms. The number of allylic oxidation sites excluding steroid dienone is 1. The van der Waals surface area contributed by atoms with E-state index in [9.17, 15) is 13.2 Å². The van der Waals surface area contributed by atoms with Gasteiger partial charge in [-0.1, -0.05) is 0 Å². The molecule has 2 N–H and O–H groups in total. The molecule has 0 amide bonds. The van der Waals surface area contributed by atoms with E-state index in [2.05, 4.69) is 5.32 Å². The standard InChI is InChI=1S/C6H8ClF3N2/c1-12-3-4(2-7)5(11)6(8,9)10/h3,11-12H,2H2,1H3/b4-3-,11-5?. The number of alkyl halides is 4. The van der Waals surface area contributed by atoms with Gasteiger partial charge in [0.05, 0.1) is 5.88 Å². The Hall–Kier alpha value is -0.710. The molecule has 12 heavy (non-hydrogen) atoms. The molecule has 0 fully saturated rings. The van der Waals surface area contributed by atoms with Gasteiger partial charge >= 0.3 is 6.18 Å². The maximum atomic E-state index is 11.9. The van der Waals surface area contributed by atoms with Crippen LogP contribution >= 0.6 is 11.6 Å². The number of hydrogen-bond acceptors (Lipinski definition) is 2. The first-order chi connectivity index (χ1) is 5.43. The molecule has 0 aromatic heterocycles. The minimum absolute atomic E-state index is 0.272. The zero-order valence-corrected chi connectivity index (χ0v) is 7.05. The van der Waals surface area contributed by atoms with Crippen molar-refractivity contribution >= 4 is 17.3 Å². The van der Waals surface area contributed by atoms with E-state index < -0.39 is 11.9 Å². The quantitative estimate of drug-likeness (QED) is 0.530. The maximum absolute atomic E-state index is 11.9. The lowest BCUT2D eigenvalue weighted by atomic mass is 10.2. The molecule has 2 nitrogen and oxygen atoms in total. The van der Waals surface area contributed by atoms with Crippen molar-refractivity contribution in [2.75, 3.05) is 12.9 Å². The molecule has 0 aromatic carbocycles. The van der Waals surface area contributed by atoms with Crippen molar-refractivity contribution in [1.82, 2.24) is 5.32 Å². The highest BCUT2D eigenvalue weighted by Crippen LogP contribution is 2.21. The molecule has 0 saturated heterocycles. The van der Waals surface area contributed by atoms with Gasteiger partial charge in [0.1, 0.15) is 5.71 Å². The van der Waals surface area contributed by atoms with Crippen LogP contribution in [0.1, 0.15) is 0 Å². The van der Waals surface area contributed by atoms with Crippen LogP contribution in [0.2, 0.25) is 0 Å². The van der Waals surface area contributed by atoms with Gasteiger partial charge < -0.3 is 5.32 Å². The molecule has 0 saturated carbocycles. The molecule has 0 bridgehead atoms. The van der Waals surface area contributed by atoms with E-state index in [0.717, 1.165) is 6.20 Å². The summed E-state index contributed by atoms with van der Waals surface area (Å²) in [6, 6.07) is 0. The van der Waals surface area contributed by atoms with Crippen LogP contribution < -0.4 is 5.32 Å². The Labute approximate surface area is 72.9 Å². The Morgan fingerprint density at radius 2 is 2.08 bits per heavy atom. The first-order valence-electron chi connectivity index (χ1n) is 3.02. The van der Waals surface area contributed by atoms with Crippen molar-refractivity contribution in [1.29, 1.82) is 5.41 Å². The number of rotatable bonds is 3. The first-order valence-corrected chi connectivity index (χ1v) is 3.55. The van der Waals surface area contributed by atoms with Crippen LogP contribution in [0, 0.1) is 5.41 Å². The van der Waals surface area contributed by atoms with Crippen LogP contribution in [0.3, 0.4) is 0 Å². The third-order valence-electron chi connectivity index (χ3n) is 1.07. The van der Waals surface area contributed by atoms with E-state index >= 15 is 0 Å². The molecule has 0 unspecified atom stereocenters. The molecule has 0 aliphatic carbocycles. The third-order valence-corrected chi connectivity index (χ3v) is 1.36. The Morgan fingerprint density at radius 3 is 2.33 bits per heavy atom. The van der Waals surface area contributed by atoms with E-state index in [4.69, 9.17) is 17.0 Å². The summed E-state index contributed by atoms with van der Waals surface area (Å²) in [7, 11) is 1.44. The summed E-state index contributed by atoms with van der Waals surface area (Å²) in [5.74, 6) is -0.334. The average molecular weight is 201 g/mol. The Balaban J connectivity index is 4.55. The van der Waals surface area contributed by atoms with Crippen LogP contribution in [0.25, 0.3) is 0 Å². The predicted molar refractivity (Wildman–Crippen MR) is 41.6 cm³/mol. The SMILES string of the molecule is CN/C=C(/CCl)C(=N)C(F)(F)F. The smallest absolute Gasteiger partial charge is 0.394 e. The summed E-state index contributed by atoms with van der Waals surface area (Å²) >= 11 is 5.20. The van der Waals surface area contributed by atoms with Gasteiger partial charge in [-0.25, -0.2) is 0 Å². The molecular formula is C6H8ClF3N2. The molecule has 0 spiro atoms. The molecule has 70 valence electrons. The normalized spacial score (nSPS) is 12.9. The largest absolute Gasteiger partial charge is 0.433 e. The van der Waals surface area contributed by atoms with Gasteiger partial charge in [0.2, 0.25) is 0 Å². The van der Waals surface area contributed by atoms with Crippen LogP contribution in [0.15, 0.2) is 11.8 Å². The van der Waals surface area contributed by atoms with Crippen molar-refractivity contribution in [2.24, 2.45) is 0 Å². The topological polar surface area (TPSA) is 35.9 Å². The fourth-order valence-corrected chi connectivity index (χ4v) is 0.745. The van der Waals surface area contributed by atoms with E-state index in [1.54, 1.807) is 0 Å². The fourth-order valence-electron chi connectivity index (χ4n) is 0.534. The van der Waals surface area contributed by atoms with E-state index in [1.807, 2.05) is 0 Å². The van der Waals surface area contributed by atoms with Gasteiger partial charge in [-0.15, -0.1) is 11.6 Å². The molecule has 0 aliphatic heterocycles. The molecular weight excluding hydrogens is 193 g/mol. The van der Waals surface area contributed by atoms with Crippen LogP contribution in [-0.4, -0.2) is 24.8 Å². The maximum Gasteiger partial charge on any atom is 0.433 e. The zero-order valence-electron chi connectivity index (χ0n) is 6.30. The van der Waals surface area contributed by atoms with Crippen LogP contribution in [-0.2, 0) is 0 Å². The molecule has 0 aliphatic rings. The van der Waals surface area contributed by atoms with E-state index in [0.29, 0.717) is 0 Å². The van der Waals surface area contributed by atoms with Gasteiger partial charge in [0, 0.05) is 18.8 Å². The second-order valence-corrected chi connectivity index (χ2v) is 2.23. The number of hydrogen-bond donors (Lipinski definition) is 2. The minimum Gasteiger partial charge on any atom is -0.394 e. The highest BCUT2D eigenvalue weighted by atomic mass is 35.5. The Bertz CT molecular complexity index is 197. The predicted octanol–water partition coefficient (Wildman–Crippen LogP) is 1.91. The summed E-state index contributed by atoms with van der Waals surface area (Å²) in [4.78, 5) is 0. The van der Waals surface area contributed by atoms with E-state index in [-0.39, 0.29) is 11.5 Å². The first kappa shape index (κ1) is 11.3. The van der Waals surface area contributed by atoms with Gasteiger partial charge in [0.25, 0.3) is 0 Å². The molecule has 0 aromatic rings. The summed E-state index contributed by atoms with van der Waals surface area (Å²) in [6.45, 7) is 0.